The van der Waals surface area contributed by atoms with Gasteiger partial charge in [0.15, 0.2) is 6.61 Å². The number of nitrogens with one attached hydrogen (secondary N) is 2. The molecule has 0 atom stereocenters. The molecule has 0 bridgehead atoms. The minimum absolute atomic E-state index is 0.157. The first-order valence-electron chi connectivity index (χ1n) is 9.83. The van der Waals surface area contributed by atoms with Crippen LogP contribution >= 0.6 is 15.9 Å². The van der Waals surface area contributed by atoms with Crippen LogP contribution in [-0.4, -0.2) is 38.9 Å². The summed E-state index contributed by atoms with van der Waals surface area (Å²) in [7, 11) is 3.03. The van der Waals surface area contributed by atoms with Crippen LogP contribution in [0.25, 0.3) is 0 Å². The fraction of sp³-hybridized carbons (Fsp3) is 0.125. The Morgan fingerprint density at radius 3 is 2.42 bits per heavy atom. The number of hydrogen-bond acceptors (Lipinski definition) is 6. The summed E-state index contributed by atoms with van der Waals surface area (Å²) in [6.07, 6.45) is 1.50. The number of hydrazone groups is 1. The molecule has 0 heterocycles. The number of para-hydroxylation sites is 2. The molecule has 0 aliphatic heterocycles. The topological polar surface area (TPSA) is 98.3 Å². The first-order chi connectivity index (χ1) is 16.0. The monoisotopic (exact) mass is 511 g/mol. The Morgan fingerprint density at radius 2 is 1.70 bits per heavy atom. The maximum absolute atomic E-state index is 12.3. The lowest BCUT2D eigenvalue weighted by Gasteiger charge is -2.10. The third kappa shape index (κ3) is 6.81. The van der Waals surface area contributed by atoms with Crippen LogP contribution in [0.5, 0.6) is 17.2 Å². The van der Waals surface area contributed by atoms with Gasteiger partial charge in [-0.15, -0.1) is 0 Å². The van der Waals surface area contributed by atoms with Crippen LogP contribution in [0.3, 0.4) is 0 Å². The summed E-state index contributed by atoms with van der Waals surface area (Å²) < 4.78 is 16.7. The number of rotatable bonds is 9. The average molecular weight is 512 g/mol. The van der Waals surface area contributed by atoms with Gasteiger partial charge in [0, 0.05) is 4.47 Å². The number of halogens is 1. The fourth-order valence-corrected chi connectivity index (χ4v) is 3.18. The van der Waals surface area contributed by atoms with Gasteiger partial charge in [-0.3, -0.25) is 9.59 Å². The maximum atomic E-state index is 12.3. The van der Waals surface area contributed by atoms with Gasteiger partial charge in [-0.1, -0.05) is 28.1 Å². The standard InChI is InChI=1S/C24H22BrN3O5/c1-31-21-12-9-17(25)13-19(21)24(30)28-26-14-16-7-10-18(11-8-16)33-15-23(29)27-20-5-3-4-6-22(20)32-2/h3-14H,15H2,1-2H3,(H,27,29)(H,28,30)/b26-14-. The summed E-state index contributed by atoms with van der Waals surface area (Å²) in [6, 6.07) is 19.2. The third-order valence-corrected chi connectivity index (χ3v) is 4.91. The van der Waals surface area contributed by atoms with E-state index in [1.54, 1.807) is 60.7 Å². The highest BCUT2D eigenvalue weighted by atomic mass is 79.9. The molecule has 2 amide bonds. The molecule has 0 saturated heterocycles. The molecule has 3 rings (SSSR count). The van der Waals surface area contributed by atoms with Crippen LogP contribution in [0.2, 0.25) is 0 Å². The van der Waals surface area contributed by atoms with Crippen LogP contribution in [0.1, 0.15) is 15.9 Å². The summed E-state index contributed by atoms with van der Waals surface area (Å²) in [4.78, 5) is 24.5. The molecular formula is C24H22BrN3O5. The van der Waals surface area contributed by atoms with Gasteiger partial charge < -0.3 is 19.5 Å². The summed E-state index contributed by atoms with van der Waals surface area (Å²) in [5, 5.41) is 6.72. The molecule has 0 radical (unpaired) electrons. The van der Waals surface area contributed by atoms with Crippen molar-refractivity contribution in [3.8, 4) is 17.2 Å². The summed E-state index contributed by atoms with van der Waals surface area (Å²) in [5.74, 6) is 0.827. The van der Waals surface area contributed by atoms with Gasteiger partial charge in [0.2, 0.25) is 0 Å². The second-order valence-corrected chi connectivity index (χ2v) is 7.57. The van der Waals surface area contributed by atoms with E-state index in [-0.39, 0.29) is 12.5 Å². The van der Waals surface area contributed by atoms with E-state index in [2.05, 4.69) is 31.8 Å². The smallest absolute Gasteiger partial charge is 0.275 e. The van der Waals surface area contributed by atoms with Gasteiger partial charge in [0.05, 0.1) is 31.7 Å². The Labute approximate surface area is 199 Å². The van der Waals surface area contributed by atoms with E-state index >= 15 is 0 Å². The lowest BCUT2D eigenvalue weighted by atomic mass is 10.2. The Hall–Kier alpha value is -3.85. The first-order valence-corrected chi connectivity index (χ1v) is 10.6. The Morgan fingerprint density at radius 1 is 0.970 bits per heavy atom. The van der Waals surface area contributed by atoms with E-state index in [9.17, 15) is 9.59 Å². The second-order valence-electron chi connectivity index (χ2n) is 6.65. The number of carbonyl (C=O) groups excluding carboxylic acids is 2. The van der Waals surface area contributed by atoms with Crippen molar-refractivity contribution in [1.82, 2.24) is 5.43 Å². The molecule has 3 aromatic rings. The van der Waals surface area contributed by atoms with Crippen molar-refractivity contribution in [1.29, 1.82) is 0 Å². The molecule has 33 heavy (non-hydrogen) atoms. The molecule has 0 aliphatic rings. The quantitative estimate of drug-likeness (QED) is 0.330. The second kappa shape index (κ2) is 11.7. The lowest BCUT2D eigenvalue weighted by molar-refractivity contribution is -0.118. The molecule has 0 saturated carbocycles. The zero-order valence-electron chi connectivity index (χ0n) is 18.0. The largest absolute Gasteiger partial charge is 0.496 e. The number of hydrogen-bond donors (Lipinski definition) is 2. The lowest BCUT2D eigenvalue weighted by Crippen LogP contribution is -2.20. The zero-order valence-corrected chi connectivity index (χ0v) is 19.6. The zero-order chi connectivity index (χ0) is 23.6. The first kappa shape index (κ1) is 23.8. The van der Waals surface area contributed by atoms with Crippen molar-refractivity contribution in [3.63, 3.8) is 0 Å². The van der Waals surface area contributed by atoms with Crippen LogP contribution < -0.4 is 25.0 Å². The molecule has 9 heteroatoms. The maximum Gasteiger partial charge on any atom is 0.275 e. The minimum atomic E-state index is -0.398. The van der Waals surface area contributed by atoms with Gasteiger partial charge >= 0.3 is 0 Å². The SMILES string of the molecule is COc1ccccc1NC(=O)COc1ccc(/C=N\NC(=O)c2cc(Br)ccc2OC)cc1. The highest BCUT2D eigenvalue weighted by molar-refractivity contribution is 9.10. The predicted molar refractivity (Wildman–Crippen MR) is 129 cm³/mol. The van der Waals surface area contributed by atoms with Crippen LogP contribution in [0, 0.1) is 0 Å². The summed E-state index contributed by atoms with van der Waals surface area (Å²) in [5.41, 5.74) is 4.14. The summed E-state index contributed by atoms with van der Waals surface area (Å²) in [6.45, 7) is -0.157. The van der Waals surface area contributed by atoms with Gasteiger partial charge in [-0.05, 0) is 60.2 Å². The molecule has 8 nitrogen and oxygen atoms in total. The van der Waals surface area contributed by atoms with Crippen molar-refractivity contribution in [2.45, 2.75) is 0 Å². The van der Waals surface area contributed by atoms with Crippen molar-refractivity contribution in [2.24, 2.45) is 5.10 Å². The number of ether oxygens (including phenoxy) is 3. The van der Waals surface area contributed by atoms with E-state index in [0.717, 1.165) is 10.0 Å². The number of methoxy groups -OCH3 is 2. The minimum Gasteiger partial charge on any atom is -0.496 e. The van der Waals surface area contributed by atoms with Gasteiger partial charge in [0.25, 0.3) is 11.8 Å². The van der Waals surface area contributed by atoms with Crippen molar-refractivity contribution >= 4 is 39.6 Å². The van der Waals surface area contributed by atoms with Crippen LogP contribution in [-0.2, 0) is 4.79 Å². The molecular weight excluding hydrogens is 490 g/mol. The van der Waals surface area contributed by atoms with Crippen molar-refractivity contribution < 1.29 is 23.8 Å². The van der Waals surface area contributed by atoms with Gasteiger partial charge in [-0.25, -0.2) is 5.43 Å². The number of carbonyl (C=O) groups is 2. The molecule has 0 fully saturated rings. The Bertz CT molecular complexity index is 1150. The molecule has 170 valence electrons. The van der Waals surface area contributed by atoms with E-state index in [1.165, 1.54) is 20.4 Å². The number of amides is 2. The van der Waals surface area contributed by atoms with Gasteiger partial charge in [-0.2, -0.15) is 5.10 Å². The molecule has 2 N–H and O–H groups in total. The Kier molecular flexibility index (Phi) is 8.43. The van der Waals surface area contributed by atoms with Crippen LogP contribution in [0.4, 0.5) is 5.69 Å². The molecule has 3 aromatic carbocycles. The fourth-order valence-electron chi connectivity index (χ4n) is 2.82. The third-order valence-electron chi connectivity index (χ3n) is 4.42. The average Bonchev–Trinajstić information content (AvgIpc) is 2.83. The number of nitrogens with zero attached hydrogens (tertiary/aromatic N) is 1. The highest BCUT2D eigenvalue weighted by Crippen LogP contribution is 2.23. The van der Waals surface area contributed by atoms with E-state index in [4.69, 9.17) is 14.2 Å². The van der Waals surface area contributed by atoms with Crippen molar-refractivity contribution in [2.75, 3.05) is 26.1 Å². The number of anilines is 1. The molecule has 0 unspecified atom stereocenters. The normalized spacial score (nSPS) is 10.5. The van der Waals surface area contributed by atoms with E-state index in [0.29, 0.717) is 28.5 Å². The number of benzene rings is 3. The van der Waals surface area contributed by atoms with E-state index < -0.39 is 5.91 Å². The molecule has 0 spiro atoms. The molecule has 0 aromatic heterocycles. The Balaban J connectivity index is 1.51. The highest BCUT2D eigenvalue weighted by Gasteiger charge is 2.12. The predicted octanol–water partition coefficient (Wildman–Crippen LogP) is 4.25. The van der Waals surface area contributed by atoms with Crippen molar-refractivity contribution in [3.05, 3.63) is 82.3 Å². The summed E-state index contributed by atoms with van der Waals surface area (Å²) >= 11 is 3.33. The van der Waals surface area contributed by atoms with Gasteiger partial charge in [0.1, 0.15) is 17.2 Å². The van der Waals surface area contributed by atoms with E-state index in [1.807, 2.05) is 6.07 Å². The van der Waals surface area contributed by atoms with Crippen LogP contribution in [0.15, 0.2) is 76.3 Å². The molecule has 0 aliphatic carbocycles.